The van der Waals surface area contributed by atoms with Gasteiger partial charge in [-0.15, -0.1) is 0 Å². The standard InChI is InChI=1S/C32H64N2O4S4.C2H6.S2/c1-11-28(4)24-32(7,8)26-42-40-22-20-38-30(36)14-18-34(16-12-15-33(9)10)17-13-29(35)37-19-21-39-41-25-31(5,6)23-27(2)3;2*1-2/h27-28H,11-26H2,1-10H3;1-2H3;. The van der Waals surface area contributed by atoms with E-state index in [2.05, 4.69) is 102 Å². The van der Waals surface area contributed by atoms with Gasteiger partial charge in [0.25, 0.3) is 0 Å². The molecule has 0 heterocycles. The van der Waals surface area contributed by atoms with Crippen molar-refractivity contribution in [3.05, 3.63) is 0 Å². The Morgan fingerprint density at radius 1 is 0.717 bits per heavy atom. The number of hydrogen-bond donors (Lipinski definition) is 0. The van der Waals surface area contributed by atoms with E-state index in [-0.39, 0.29) is 11.9 Å². The molecule has 0 saturated carbocycles. The Kier molecular flexibility index (Phi) is 36.5. The van der Waals surface area contributed by atoms with Gasteiger partial charge in [-0.25, -0.2) is 0 Å². The van der Waals surface area contributed by atoms with Gasteiger partial charge in [-0.2, -0.15) is 0 Å². The molecular formula is C34H70N2O4S6. The molecule has 46 heavy (non-hydrogen) atoms. The molecule has 6 nitrogen and oxygen atoms in total. The van der Waals surface area contributed by atoms with Crippen LogP contribution in [0.25, 0.3) is 0 Å². The molecule has 0 aliphatic heterocycles. The van der Waals surface area contributed by atoms with Crippen LogP contribution in [0.2, 0.25) is 0 Å². The number of rotatable bonds is 27. The average Bonchev–Trinajstić information content (AvgIpc) is 2.98. The first-order chi connectivity index (χ1) is 21.7. The molecule has 0 spiro atoms. The van der Waals surface area contributed by atoms with Gasteiger partial charge in [-0.3, -0.25) is 9.59 Å². The van der Waals surface area contributed by atoms with Crippen LogP contribution >= 0.6 is 43.2 Å². The van der Waals surface area contributed by atoms with Gasteiger partial charge >= 0.3 is 11.9 Å². The number of hydrogen-bond acceptors (Lipinski definition) is 12. The third-order valence-corrected chi connectivity index (χ3v) is 12.3. The molecular weight excluding hydrogens is 693 g/mol. The van der Waals surface area contributed by atoms with Crippen LogP contribution in [0.4, 0.5) is 0 Å². The maximum atomic E-state index is 12.4. The molecule has 1 unspecified atom stereocenters. The van der Waals surface area contributed by atoms with Crippen LogP contribution in [0.3, 0.4) is 0 Å². The third kappa shape index (κ3) is 36.0. The summed E-state index contributed by atoms with van der Waals surface area (Å²) in [5.41, 5.74) is 0.654. The first kappa shape index (κ1) is 51.1. The van der Waals surface area contributed by atoms with E-state index in [1.165, 1.54) is 19.3 Å². The fraction of sp³-hybridized carbons (Fsp3) is 0.941. The molecule has 0 aliphatic rings. The largest absolute Gasteiger partial charge is 0.465 e. The predicted octanol–water partition coefficient (Wildman–Crippen LogP) is 9.43. The highest BCUT2D eigenvalue weighted by molar-refractivity contribution is 8.77. The van der Waals surface area contributed by atoms with Gasteiger partial charge in [0.05, 0.1) is 12.8 Å². The second-order valence-corrected chi connectivity index (χ2v) is 18.9. The number of esters is 2. The molecule has 0 aromatic rings. The van der Waals surface area contributed by atoms with E-state index in [9.17, 15) is 9.59 Å². The Labute approximate surface area is 311 Å². The fourth-order valence-corrected chi connectivity index (χ4v) is 9.91. The summed E-state index contributed by atoms with van der Waals surface area (Å²) in [7, 11) is 11.4. The molecule has 0 amide bonds. The van der Waals surface area contributed by atoms with Crippen LogP contribution in [-0.4, -0.2) is 98.2 Å². The molecule has 0 fully saturated rings. The van der Waals surface area contributed by atoms with E-state index < -0.39 is 0 Å². The van der Waals surface area contributed by atoms with E-state index >= 15 is 0 Å². The zero-order valence-electron chi connectivity index (χ0n) is 31.4. The van der Waals surface area contributed by atoms with Crippen LogP contribution < -0.4 is 0 Å². The number of ether oxygens (including phenoxy) is 2. The topological polar surface area (TPSA) is 59.1 Å². The van der Waals surface area contributed by atoms with Crippen molar-refractivity contribution in [2.45, 2.75) is 108 Å². The predicted molar refractivity (Wildman–Crippen MR) is 218 cm³/mol. The van der Waals surface area contributed by atoms with Crippen molar-refractivity contribution in [1.82, 2.24) is 9.80 Å². The molecule has 12 heteroatoms. The Morgan fingerprint density at radius 2 is 1.15 bits per heavy atom. The minimum atomic E-state index is -0.164. The van der Waals surface area contributed by atoms with E-state index in [0.717, 1.165) is 48.4 Å². The highest BCUT2D eigenvalue weighted by Gasteiger charge is 2.21. The molecule has 0 aromatic carbocycles. The average molecular weight is 763 g/mol. The third-order valence-electron chi connectivity index (χ3n) is 6.83. The lowest BCUT2D eigenvalue weighted by Gasteiger charge is -2.27. The SMILES string of the molecule is CC.CCC(C)CC(C)(C)CSSCCOC(=O)CCN(CCCN(C)C)CCC(=O)OCCSSCC(C)(C)CC(C)C.S=S. The number of carbonyl (C=O) groups is 2. The van der Waals surface area contributed by atoms with Crippen molar-refractivity contribution in [2.75, 3.05) is 76.5 Å². The zero-order chi connectivity index (χ0) is 36.0. The maximum Gasteiger partial charge on any atom is 0.307 e. The minimum Gasteiger partial charge on any atom is -0.465 e. The Hall–Kier alpha value is 0.700. The molecule has 0 aromatic heterocycles. The Morgan fingerprint density at radius 3 is 1.54 bits per heavy atom. The van der Waals surface area contributed by atoms with Gasteiger partial charge in [0.15, 0.2) is 0 Å². The lowest BCUT2D eigenvalue weighted by atomic mass is 9.84. The summed E-state index contributed by atoms with van der Waals surface area (Å²) in [5.74, 6) is 4.95. The summed E-state index contributed by atoms with van der Waals surface area (Å²) in [6, 6.07) is 0. The summed E-state index contributed by atoms with van der Waals surface area (Å²) in [6.45, 7) is 26.3. The maximum absolute atomic E-state index is 12.4. The van der Waals surface area contributed by atoms with Gasteiger partial charge in [0, 0.05) is 58.5 Å². The van der Waals surface area contributed by atoms with Crippen molar-refractivity contribution >= 4 is 77.5 Å². The van der Waals surface area contributed by atoms with Gasteiger partial charge in [-0.1, -0.05) is 119 Å². The van der Waals surface area contributed by atoms with Crippen LogP contribution in [0.15, 0.2) is 0 Å². The van der Waals surface area contributed by atoms with Crippen molar-refractivity contribution in [3.63, 3.8) is 0 Å². The van der Waals surface area contributed by atoms with Crippen LogP contribution in [0.5, 0.6) is 0 Å². The van der Waals surface area contributed by atoms with Crippen molar-refractivity contribution in [3.8, 4) is 0 Å². The van der Waals surface area contributed by atoms with Crippen molar-refractivity contribution in [1.29, 1.82) is 0 Å². The molecule has 0 rings (SSSR count). The van der Waals surface area contributed by atoms with E-state index in [4.69, 9.17) is 9.47 Å². The first-order valence-electron chi connectivity index (χ1n) is 17.0. The van der Waals surface area contributed by atoms with Crippen LogP contribution in [0.1, 0.15) is 108 Å². The van der Waals surface area contributed by atoms with Gasteiger partial charge in [0.1, 0.15) is 13.2 Å². The van der Waals surface area contributed by atoms with Crippen LogP contribution in [0, 0.1) is 22.7 Å². The summed E-state index contributed by atoms with van der Waals surface area (Å²) in [4.78, 5) is 29.1. The Bertz CT molecular complexity index is 730. The van der Waals surface area contributed by atoms with E-state index in [1.54, 1.807) is 21.6 Å². The van der Waals surface area contributed by atoms with E-state index in [0.29, 0.717) is 55.9 Å². The summed E-state index contributed by atoms with van der Waals surface area (Å²) in [6.07, 6.45) is 5.36. The van der Waals surface area contributed by atoms with Gasteiger partial charge < -0.3 is 19.3 Å². The van der Waals surface area contributed by atoms with E-state index in [1.807, 2.05) is 35.4 Å². The molecule has 0 aliphatic carbocycles. The monoisotopic (exact) mass is 762 g/mol. The molecule has 276 valence electrons. The second-order valence-electron chi connectivity index (χ2n) is 13.8. The minimum absolute atomic E-state index is 0.163. The fourth-order valence-electron chi connectivity index (χ4n) is 4.80. The van der Waals surface area contributed by atoms with Crippen LogP contribution in [-0.2, 0) is 41.4 Å². The van der Waals surface area contributed by atoms with Crippen molar-refractivity contribution < 1.29 is 19.1 Å². The summed E-state index contributed by atoms with van der Waals surface area (Å²) < 4.78 is 11.0. The van der Waals surface area contributed by atoms with Gasteiger partial charge in [0.2, 0.25) is 0 Å². The molecule has 0 bridgehead atoms. The first-order valence-corrected chi connectivity index (χ1v) is 23.3. The normalized spacial score (nSPS) is 12.3. The number of nitrogens with zero attached hydrogens (tertiary/aromatic N) is 2. The highest BCUT2D eigenvalue weighted by Crippen LogP contribution is 2.35. The molecule has 0 N–H and O–H groups in total. The molecule has 1 atom stereocenters. The zero-order valence-corrected chi connectivity index (χ0v) is 36.3. The summed E-state index contributed by atoms with van der Waals surface area (Å²) in [5, 5.41) is 0. The smallest absolute Gasteiger partial charge is 0.307 e. The quantitative estimate of drug-likeness (QED) is 0.0455. The number of carbonyl (C=O) groups excluding carboxylic acids is 2. The lowest BCUT2D eigenvalue weighted by Crippen LogP contribution is -2.32. The second kappa shape index (κ2) is 32.9. The molecule has 0 saturated heterocycles. The Balaban J connectivity index is -0.00000443. The van der Waals surface area contributed by atoms with Gasteiger partial charge in [-0.05, 0) is 69.1 Å². The lowest BCUT2D eigenvalue weighted by molar-refractivity contribution is -0.143. The highest BCUT2D eigenvalue weighted by atomic mass is 33.1. The molecule has 0 radical (unpaired) electrons. The van der Waals surface area contributed by atoms with Crippen molar-refractivity contribution in [2.24, 2.45) is 22.7 Å². The summed E-state index contributed by atoms with van der Waals surface area (Å²) >= 11 is 7.33.